The van der Waals surface area contributed by atoms with Crippen molar-refractivity contribution in [2.75, 3.05) is 11.9 Å². The molecule has 1 amide bonds. The largest absolute Gasteiger partial charge is 0.330 e. The Bertz CT molecular complexity index is 378. The summed E-state index contributed by atoms with van der Waals surface area (Å²) in [4.78, 5) is 15.9. The van der Waals surface area contributed by atoms with Gasteiger partial charge in [0.15, 0.2) is 0 Å². The highest BCUT2D eigenvalue weighted by Crippen LogP contribution is 2.21. The van der Waals surface area contributed by atoms with Gasteiger partial charge in [0.1, 0.15) is 5.82 Å². The van der Waals surface area contributed by atoms with Crippen molar-refractivity contribution in [3.8, 4) is 0 Å². The maximum Gasteiger partial charge on any atom is 0.226 e. The summed E-state index contributed by atoms with van der Waals surface area (Å²) in [6, 6.07) is 0. The van der Waals surface area contributed by atoms with Gasteiger partial charge in [0.2, 0.25) is 11.0 Å². The lowest BCUT2D eigenvalue weighted by molar-refractivity contribution is -0.116. The van der Waals surface area contributed by atoms with Crippen molar-refractivity contribution in [2.24, 2.45) is 17.6 Å². The summed E-state index contributed by atoms with van der Waals surface area (Å²) in [6.45, 7) is 6.83. The number of aryl methyl sites for hydroxylation is 1. The molecule has 6 heteroatoms. The standard InChI is InChI=1S/C12H22N4OS/c1-8(2)10(6-7-13)4-5-11(17)15-12-14-9(3)16-18-12/h8,10H,4-7,13H2,1-3H3,(H,14,15,16,17). The summed E-state index contributed by atoms with van der Waals surface area (Å²) < 4.78 is 4.02. The number of anilines is 1. The highest BCUT2D eigenvalue weighted by Gasteiger charge is 2.15. The Morgan fingerprint density at radius 1 is 1.44 bits per heavy atom. The van der Waals surface area contributed by atoms with Gasteiger partial charge in [-0.1, -0.05) is 13.8 Å². The summed E-state index contributed by atoms with van der Waals surface area (Å²) >= 11 is 1.22. The number of nitrogens with two attached hydrogens (primary N) is 1. The minimum atomic E-state index is 0.00817. The molecule has 0 aliphatic heterocycles. The van der Waals surface area contributed by atoms with Crippen LogP contribution in [0.1, 0.15) is 38.9 Å². The van der Waals surface area contributed by atoms with E-state index in [2.05, 4.69) is 28.5 Å². The van der Waals surface area contributed by atoms with E-state index in [1.807, 2.05) is 6.92 Å². The number of nitrogens with zero attached hydrogens (tertiary/aromatic N) is 2. The van der Waals surface area contributed by atoms with Crippen LogP contribution in [0.3, 0.4) is 0 Å². The van der Waals surface area contributed by atoms with Crippen LogP contribution in [0.5, 0.6) is 0 Å². The van der Waals surface area contributed by atoms with Crippen molar-refractivity contribution in [1.29, 1.82) is 0 Å². The molecule has 3 N–H and O–H groups in total. The van der Waals surface area contributed by atoms with Crippen LogP contribution < -0.4 is 11.1 Å². The fourth-order valence-electron chi connectivity index (χ4n) is 1.87. The first-order valence-corrected chi connectivity index (χ1v) is 7.10. The third kappa shape index (κ3) is 5.10. The Morgan fingerprint density at radius 3 is 2.67 bits per heavy atom. The van der Waals surface area contributed by atoms with E-state index in [4.69, 9.17) is 5.73 Å². The van der Waals surface area contributed by atoms with Crippen LogP contribution in [0.15, 0.2) is 0 Å². The van der Waals surface area contributed by atoms with Crippen LogP contribution in [-0.4, -0.2) is 21.8 Å². The SMILES string of the molecule is Cc1nsc(NC(=O)CCC(CCN)C(C)C)n1. The Balaban J connectivity index is 2.35. The molecule has 0 aromatic carbocycles. The molecule has 0 saturated heterocycles. The van der Waals surface area contributed by atoms with Crippen LogP contribution in [-0.2, 0) is 4.79 Å². The first kappa shape index (κ1) is 15.0. The maximum atomic E-state index is 11.7. The summed E-state index contributed by atoms with van der Waals surface area (Å²) in [5.74, 6) is 1.77. The minimum Gasteiger partial charge on any atom is -0.330 e. The van der Waals surface area contributed by atoms with Gasteiger partial charge in [-0.3, -0.25) is 4.79 Å². The third-order valence-electron chi connectivity index (χ3n) is 3.00. The molecule has 1 unspecified atom stereocenters. The van der Waals surface area contributed by atoms with Crippen molar-refractivity contribution in [3.05, 3.63) is 5.82 Å². The molecule has 102 valence electrons. The molecule has 1 aromatic rings. The predicted molar refractivity (Wildman–Crippen MR) is 74.5 cm³/mol. The van der Waals surface area contributed by atoms with Crippen LogP contribution in [0, 0.1) is 18.8 Å². The number of amides is 1. The van der Waals surface area contributed by atoms with Crippen molar-refractivity contribution >= 4 is 22.6 Å². The number of nitrogens with one attached hydrogen (secondary N) is 1. The van der Waals surface area contributed by atoms with Gasteiger partial charge in [-0.05, 0) is 38.1 Å². The summed E-state index contributed by atoms with van der Waals surface area (Å²) in [5.41, 5.74) is 5.58. The average molecular weight is 270 g/mol. The molecule has 5 nitrogen and oxygen atoms in total. The molecular weight excluding hydrogens is 248 g/mol. The van der Waals surface area contributed by atoms with Crippen LogP contribution in [0.4, 0.5) is 5.13 Å². The van der Waals surface area contributed by atoms with E-state index in [1.54, 1.807) is 0 Å². The van der Waals surface area contributed by atoms with Crippen LogP contribution in [0.25, 0.3) is 0 Å². The lowest BCUT2D eigenvalue weighted by Gasteiger charge is -2.19. The van der Waals surface area contributed by atoms with Gasteiger partial charge in [0.05, 0.1) is 0 Å². The van der Waals surface area contributed by atoms with E-state index in [-0.39, 0.29) is 5.91 Å². The fourth-order valence-corrected chi connectivity index (χ4v) is 2.46. The smallest absolute Gasteiger partial charge is 0.226 e. The molecule has 0 fully saturated rings. The van der Waals surface area contributed by atoms with Gasteiger partial charge in [-0.2, -0.15) is 4.37 Å². The van der Waals surface area contributed by atoms with E-state index in [1.165, 1.54) is 11.5 Å². The Hall–Kier alpha value is -1.01. The minimum absolute atomic E-state index is 0.00817. The number of carbonyl (C=O) groups excluding carboxylic acids is 1. The molecule has 0 bridgehead atoms. The zero-order valence-corrected chi connectivity index (χ0v) is 12.1. The van der Waals surface area contributed by atoms with E-state index in [0.29, 0.717) is 35.8 Å². The Morgan fingerprint density at radius 2 is 2.17 bits per heavy atom. The molecule has 1 heterocycles. The van der Waals surface area contributed by atoms with Crippen LogP contribution in [0.2, 0.25) is 0 Å². The normalized spacial score (nSPS) is 12.7. The first-order chi connectivity index (χ1) is 8.52. The molecule has 1 atom stereocenters. The summed E-state index contributed by atoms with van der Waals surface area (Å²) in [7, 11) is 0. The third-order valence-corrected chi connectivity index (χ3v) is 3.72. The van der Waals surface area contributed by atoms with E-state index >= 15 is 0 Å². The van der Waals surface area contributed by atoms with Gasteiger partial charge < -0.3 is 11.1 Å². The van der Waals surface area contributed by atoms with Crippen molar-refractivity contribution < 1.29 is 4.79 Å². The molecule has 0 saturated carbocycles. The lowest BCUT2D eigenvalue weighted by atomic mass is 9.88. The lowest BCUT2D eigenvalue weighted by Crippen LogP contribution is -2.18. The quantitative estimate of drug-likeness (QED) is 0.795. The number of aromatic nitrogens is 2. The van der Waals surface area contributed by atoms with Gasteiger partial charge >= 0.3 is 0 Å². The van der Waals surface area contributed by atoms with E-state index < -0.39 is 0 Å². The van der Waals surface area contributed by atoms with Crippen molar-refractivity contribution in [2.45, 2.75) is 40.0 Å². The topological polar surface area (TPSA) is 80.9 Å². The molecule has 18 heavy (non-hydrogen) atoms. The molecule has 0 aliphatic carbocycles. The zero-order chi connectivity index (χ0) is 13.5. The van der Waals surface area contributed by atoms with Gasteiger partial charge in [-0.25, -0.2) is 4.98 Å². The summed E-state index contributed by atoms with van der Waals surface area (Å²) in [6.07, 6.45) is 2.36. The highest BCUT2D eigenvalue weighted by atomic mass is 32.1. The number of carbonyl (C=O) groups is 1. The summed E-state index contributed by atoms with van der Waals surface area (Å²) in [5, 5.41) is 3.35. The van der Waals surface area contributed by atoms with E-state index in [9.17, 15) is 4.79 Å². The first-order valence-electron chi connectivity index (χ1n) is 6.33. The van der Waals surface area contributed by atoms with Crippen LogP contribution >= 0.6 is 11.5 Å². The molecule has 0 radical (unpaired) electrons. The fraction of sp³-hybridized carbons (Fsp3) is 0.750. The van der Waals surface area contributed by atoms with Gasteiger partial charge in [-0.15, -0.1) is 0 Å². The number of hydrogen-bond donors (Lipinski definition) is 2. The van der Waals surface area contributed by atoms with Gasteiger partial charge in [0, 0.05) is 18.0 Å². The Labute approximate surface area is 112 Å². The second kappa shape index (κ2) is 7.43. The predicted octanol–water partition coefficient (Wildman–Crippen LogP) is 2.19. The zero-order valence-electron chi connectivity index (χ0n) is 11.3. The number of hydrogen-bond acceptors (Lipinski definition) is 5. The molecule has 1 aromatic heterocycles. The maximum absolute atomic E-state index is 11.7. The molecular formula is C12H22N4OS. The molecule has 0 spiro atoms. The monoisotopic (exact) mass is 270 g/mol. The highest BCUT2D eigenvalue weighted by molar-refractivity contribution is 7.09. The molecule has 1 rings (SSSR count). The molecule has 0 aliphatic rings. The van der Waals surface area contributed by atoms with Crippen molar-refractivity contribution in [1.82, 2.24) is 9.36 Å². The van der Waals surface area contributed by atoms with E-state index in [0.717, 1.165) is 12.8 Å². The average Bonchev–Trinajstić information content (AvgIpc) is 2.69. The second-order valence-electron chi connectivity index (χ2n) is 4.82. The van der Waals surface area contributed by atoms with Gasteiger partial charge in [0.25, 0.3) is 0 Å². The van der Waals surface area contributed by atoms with Crippen molar-refractivity contribution in [3.63, 3.8) is 0 Å². The Kier molecular flexibility index (Phi) is 6.21. The second-order valence-corrected chi connectivity index (χ2v) is 5.57. The number of rotatable bonds is 7.